The largest absolute Gasteiger partial charge is 0.494 e. The van der Waals surface area contributed by atoms with E-state index in [2.05, 4.69) is 61.8 Å². The van der Waals surface area contributed by atoms with Gasteiger partial charge >= 0.3 is 0 Å². The zero-order valence-corrected chi connectivity index (χ0v) is 18.5. The third-order valence-electron chi connectivity index (χ3n) is 5.80. The van der Waals surface area contributed by atoms with Crippen molar-refractivity contribution in [3.63, 3.8) is 0 Å². The number of benzene rings is 2. The molecule has 30 heavy (non-hydrogen) atoms. The molecule has 2 aromatic carbocycles. The van der Waals surface area contributed by atoms with E-state index in [9.17, 15) is 0 Å². The van der Waals surface area contributed by atoms with Gasteiger partial charge in [0.1, 0.15) is 5.75 Å². The molecule has 1 aliphatic rings. The van der Waals surface area contributed by atoms with Gasteiger partial charge in [0.2, 0.25) is 0 Å². The van der Waals surface area contributed by atoms with Gasteiger partial charge < -0.3 is 4.74 Å². The number of unbranched alkanes of at least 4 members (excludes halogenated alkanes) is 1. The Morgan fingerprint density at radius 1 is 0.767 bits per heavy atom. The molecule has 0 radical (unpaired) electrons. The van der Waals surface area contributed by atoms with Crippen LogP contribution in [0.5, 0.6) is 5.75 Å². The van der Waals surface area contributed by atoms with Crippen LogP contribution in [0.4, 0.5) is 0 Å². The van der Waals surface area contributed by atoms with E-state index < -0.39 is 0 Å². The first-order chi connectivity index (χ1) is 14.8. The third kappa shape index (κ3) is 7.00. The van der Waals surface area contributed by atoms with Crippen molar-refractivity contribution in [3.05, 3.63) is 65.2 Å². The van der Waals surface area contributed by atoms with Gasteiger partial charge in [-0.25, -0.2) is 0 Å². The number of ether oxygens (including phenoxy) is 1. The number of hydrogen-bond donors (Lipinski definition) is 0. The normalized spacial score (nSPS) is 17.9. The first kappa shape index (κ1) is 22.1. The van der Waals surface area contributed by atoms with E-state index in [0.29, 0.717) is 5.92 Å². The van der Waals surface area contributed by atoms with Gasteiger partial charge in [0.25, 0.3) is 0 Å². The van der Waals surface area contributed by atoms with E-state index in [-0.39, 0.29) is 0 Å². The maximum atomic E-state index is 5.62. The molecule has 0 heterocycles. The molecule has 0 aliphatic heterocycles. The lowest BCUT2D eigenvalue weighted by molar-refractivity contribution is 0.317. The van der Waals surface area contributed by atoms with Gasteiger partial charge in [-0.2, -0.15) is 0 Å². The maximum absolute atomic E-state index is 5.62. The summed E-state index contributed by atoms with van der Waals surface area (Å²) in [5.41, 5.74) is 3.56. The predicted octanol–water partition coefficient (Wildman–Crippen LogP) is 7.34. The van der Waals surface area contributed by atoms with E-state index in [1.807, 2.05) is 24.3 Å². The lowest BCUT2D eigenvalue weighted by Gasteiger charge is -2.27. The molecule has 1 aliphatic carbocycles. The molecule has 0 N–H and O–H groups in total. The average molecular weight is 399 g/mol. The summed E-state index contributed by atoms with van der Waals surface area (Å²) in [5.74, 6) is 15.6. The van der Waals surface area contributed by atoms with E-state index >= 15 is 0 Å². The highest BCUT2D eigenvalue weighted by atomic mass is 16.5. The fourth-order valence-electron chi connectivity index (χ4n) is 3.97. The summed E-state index contributed by atoms with van der Waals surface area (Å²) in [6, 6.07) is 16.9. The molecule has 0 atom stereocenters. The Morgan fingerprint density at radius 3 is 2.00 bits per heavy atom. The van der Waals surface area contributed by atoms with Gasteiger partial charge in [0, 0.05) is 24.0 Å². The summed E-state index contributed by atoms with van der Waals surface area (Å²) in [7, 11) is 0. The molecule has 0 unspecified atom stereocenters. The monoisotopic (exact) mass is 398 g/mol. The van der Waals surface area contributed by atoms with Crippen molar-refractivity contribution in [1.82, 2.24) is 0 Å². The third-order valence-corrected chi connectivity index (χ3v) is 5.80. The zero-order valence-electron chi connectivity index (χ0n) is 18.5. The molecular weight excluding hydrogens is 364 g/mol. The van der Waals surface area contributed by atoms with Crippen LogP contribution in [-0.2, 0) is 0 Å². The van der Waals surface area contributed by atoms with Crippen LogP contribution < -0.4 is 4.74 Å². The lowest BCUT2D eigenvalue weighted by atomic mass is 9.77. The van der Waals surface area contributed by atoms with Crippen LogP contribution in [-0.4, -0.2) is 6.61 Å². The van der Waals surface area contributed by atoms with Gasteiger partial charge in [0.05, 0.1) is 6.61 Å². The van der Waals surface area contributed by atoms with E-state index in [0.717, 1.165) is 48.7 Å². The fraction of sp³-hybridized carbons (Fsp3) is 0.448. The highest BCUT2D eigenvalue weighted by Crippen LogP contribution is 2.36. The van der Waals surface area contributed by atoms with Crippen molar-refractivity contribution in [2.45, 2.75) is 71.1 Å². The minimum atomic E-state index is 0.697. The van der Waals surface area contributed by atoms with Crippen molar-refractivity contribution < 1.29 is 4.74 Å². The Labute approximate surface area is 183 Å². The van der Waals surface area contributed by atoms with E-state index in [1.165, 1.54) is 37.7 Å². The Balaban J connectivity index is 1.50. The Bertz CT molecular complexity index is 876. The van der Waals surface area contributed by atoms with Crippen LogP contribution >= 0.6 is 0 Å². The molecule has 2 aromatic rings. The Morgan fingerprint density at radius 2 is 1.40 bits per heavy atom. The van der Waals surface area contributed by atoms with Crippen molar-refractivity contribution in [3.8, 4) is 29.4 Å². The molecule has 0 aromatic heterocycles. The summed E-state index contributed by atoms with van der Waals surface area (Å²) in [6.45, 7) is 5.06. The predicted molar refractivity (Wildman–Crippen MR) is 127 cm³/mol. The molecule has 3 rings (SSSR count). The van der Waals surface area contributed by atoms with Crippen molar-refractivity contribution >= 4 is 0 Å². The fourth-order valence-corrected chi connectivity index (χ4v) is 3.97. The maximum Gasteiger partial charge on any atom is 0.119 e. The molecular formula is C29H34O. The second-order valence-electron chi connectivity index (χ2n) is 8.27. The summed E-state index contributed by atoms with van der Waals surface area (Å²) < 4.78 is 5.62. The Kier molecular flexibility index (Phi) is 8.93. The van der Waals surface area contributed by atoms with Crippen LogP contribution in [0.15, 0.2) is 48.5 Å². The van der Waals surface area contributed by atoms with Crippen molar-refractivity contribution in [1.29, 1.82) is 0 Å². The first-order valence-electron chi connectivity index (χ1n) is 11.6. The molecule has 0 spiro atoms. The minimum Gasteiger partial charge on any atom is -0.494 e. The zero-order chi connectivity index (χ0) is 21.0. The minimum absolute atomic E-state index is 0.697. The first-order valence-corrected chi connectivity index (χ1v) is 11.6. The van der Waals surface area contributed by atoms with E-state index in [1.54, 1.807) is 0 Å². The lowest BCUT2D eigenvalue weighted by Crippen LogP contribution is -2.12. The standard InChI is InChI=1S/C29H34O/c1-3-5-6-7-8-24-11-17-27(18-12-24)28-19-13-25(14-20-28)9-10-26-15-21-29(22-16-26)30-23-4-2/h13-16,19-22,24,27H,3-5,8,11-12,17-18,23H2,1-2H3. The van der Waals surface area contributed by atoms with Gasteiger partial charge in [0.15, 0.2) is 0 Å². The van der Waals surface area contributed by atoms with Crippen LogP contribution in [0.2, 0.25) is 0 Å². The second kappa shape index (κ2) is 12.1. The second-order valence-corrected chi connectivity index (χ2v) is 8.27. The molecule has 0 bridgehead atoms. The van der Waals surface area contributed by atoms with Gasteiger partial charge in [-0.3, -0.25) is 0 Å². The van der Waals surface area contributed by atoms with Crippen LogP contribution in [0.3, 0.4) is 0 Å². The van der Waals surface area contributed by atoms with E-state index in [4.69, 9.17) is 4.74 Å². The van der Waals surface area contributed by atoms with Crippen molar-refractivity contribution in [2.24, 2.45) is 5.92 Å². The average Bonchev–Trinajstić information content (AvgIpc) is 2.81. The number of hydrogen-bond acceptors (Lipinski definition) is 1. The van der Waals surface area contributed by atoms with Crippen LogP contribution in [0, 0.1) is 29.6 Å². The quantitative estimate of drug-likeness (QED) is 0.462. The van der Waals surface area contributed by atoms with Crippen LogP contribution in [0.25, 0.3) is 0 Å². The molecule has 0 amide bonds. The van der Waals surface area contributed by atoms with Gasteiger partial charge in [-0.15, -0.1) is 11.8 Å². The van der Waals surface area contributed by atoms with Gasteiger partial charge in [-0.1, -0.05) is 37.8 Å². The SMILES string of the molecule is CCCC#CCC1CCC(c2ccc(C#Cc3ccc(OCCC)cc3)cc2)CC1. The summed E-state index contributed by atoms with van der Waals surface area (Å²) in [5, 5.41) is 0. The smallest absolute Gasteiger partial charge is 0.119 e. The topological polar surface area (TPSA) is 9.23 Å². The molecule has 1 nitrogen and oxygen atoms in total. The number of rotatable bonds is 6. The summed E-state index contributed by atoms with van der Waals surface area (Å²) in [4.78, 5) is 0. The molecule has 1 fully saturated rings. The van der Waals surface area contributed by atoms with Crippen molar-refractivity contribution in [2.75, 3.05) is 6.61 Å². The molecule has 1 saturated carbocycles. The molecule has 0 saturated heterocycles. The Hall–Kier alpha value is -2.64. The van der Waals surface area contributed by atoms with Crippen LogP contribution in [0.1, 0.15) is 87.8 Å². The summed E-state index contributed by atoms with van der Waals surface area (Å²) >= 11 is 0. The highest BCUT2D eigenvalue weighted by molar-refractivity contribution is 5.45. The van der Waals surface area contributed by atoms with Gasteiger partial charge in [-0.05, 0) is 92.3 Å². The highest BCUT2D eigenvalue weighted by Gasteiger charge is 2.21. The summed E-state index contributed by atoms with van der Waals surface area (Å²) in [6.07, 6.45) is 9.52. The molecule has 156 valence electrons. The molecule has 1 heteroatoms.